The molecular weight excluding hydrogens is 977 g/mol. The van der Waals surface area contributed by atoms with Crippen molar-refractivity contribution in [1.82, 2.24) is 5.06 Å². The second kappa shape index (κ2) is 23.3. The summed E-state index contributed by atoms with van der Waals surface area (Å²) in [5.41, 5.74) is 8.61. The number of nitrogens with zero attached hydrogens (tertiary/aromatic N) is 4. The number of hydrogen-bond acceptors (Lipinski definition) is 16. The van der Waals surface area contributed by atoms with Gasteiger partial charge in [0.2, 0.25) is 0 Å². The lowest BCUT2D eigenvalue weighted by Crippen LogP contribution is -2.39. The van der Waals surface area contributed by atoms with E-state index in [4.69, 9.17) is 38.0 Å². The molecule has 0 aliphatic carbocycles. The van der Waals surface area contributed by atoms with E-state index in [-0.39, 0.29) is 56.4 Å². The number of hydrogen-bond donors (Lipinski definition) is 2. The van der Waals surface area contributed by atoms with Gasteiger partial charge in [0, 0.05) is 81.7 Å². The molecular formula is C57H62N6O13. The zero-order chi connectivity index (χ0) is 52.7. The molecule has 0 saturated carbocycles. The van der Waals surface area contributed by atoms with Gasteiger partial charge in [-0.2, -0.15) is 0 Å². The van der Waals surface area contributed by atoms with Crippen LogP contribution in [0.25, 0.3) is 0 Å². The Kier molecular flexibility index (Phi) is 15.9. The Morgan fingerprint density at radius 1 is 0.605 bits per heavy atom. The van der Waals surface area contributed by atoms with Gasteiger partial charge in [-0.15, -0.1) is 5.06 Å². The molecule has 19 nitrogen and oxygen atoms in total. The standard InChI is InChI=1S/C57H62N6O13/c1-69-19-20-73-22-21-72-18-17-60(16-8-13-55(66)76-63-53(64)14-15-54(63)65)40-24-36(34-74-51-30-45-43(28-49(51)70-2)56(67)61-41(32-58-45)26-38-9-4-6-11-47(38)61)23-37(25-40)35-75-52-31-46-44(29-50(52)71-3)57(68)62-42(33-59-46)27-39-10-5-7-12-48(39)62/h4-7,9-12,23-25,28-31,41-42,58-59H,8,13-22,26-27,32-35H2,1-3H3/t41-,42?/m0/s1. The van der Waals surface area contributed by atoms with E-state index in [2.05, 4.69) is 27.7 Å². The van der Waals surface area contributed by atoms with E-state index in [0.717, 1.165) is 52.2 Å². The molecule has 19 heteroatoms. The van der Waals surface area contributed by atoms with Gasteiger partial charge in [-0.3, -0.25) is 19.2 Å². The number of benzene rings is 5. The van der Waals surface area contributed by atoms with Crippen LogP contribution >= 0.6 is 0 Å². The van der Waals surface area contributed by atoms with Crippen LogP contribution < -0.4 is 44.3 Å². The predicted molar refractivity (Wildman–Crippen MR) is 282 cm³/mol. The average molecular weight is 1040 g/mol. The first-order valence-corrected chi connectivity index (χ1v) is 25.7. The molecule has 5 aromatic carbocycles. The van der Waals surface area contributed by atoms with E-state index in [0.29, 0.717) is 116 Å². The molecule has 0 aromatic heterocycles. The Morgan fingerprint density at radius 2 is 1.12 bits per heavy atom. The third kappa shape index (κ3) is 11.1. The van der Waals surface area contributed by atoms with E-state index in [9.17, 15) is 24.0 Å². The Hall–Kier alpha value is -7.87. The van der Waals surface area contributed by atoms with Crippen LogP contribution in [0.1, 0.15) is 68.7 Å². The predicted octanol–water partition coefficient (Wildman–Crippen LogP) is 6.73. The van der Waals surface area contributed by atoms with Gasteiger partial charge in [-0.1, -0.05) is 36.4 Å². The van der Waals surface area contributed by atoms with Crippen LogP contribution in [0.3, 0.4) is 0 Å². The molecule has 5 heterocycles. The van der Waals surface area contributed by atoms with Gasteiger partial charge in [-0.25, -0.2) is 4.79 Å². The molecule has 2 atom stereocenters. The number of carbonyl (C=O) groups excluding carboxylic acids is 5. The molecule has 76 heavy (non-hydrogen) atoms. The van der Waals surface area contributed by atoms with E-state index in [1.54, 1.807) is 33.5 Å². The van der Waals surface area contributed by atoms with Gasteiger partial charge in [0.15, 0.2) is 23.0 Å². The van der Waals surface area contributed by atoms with Crippen LogP contribution in [0.15, 0.2) is 91.0 Å². The smallest absolute Gasteiger partial charge is 0.333 e. The fourth-order valence-corrected chi connectivity index (χ4v) is 10.5. The molecule has 10 rings (SSSR count). The highest BCUT2D eigenvalue weighted by Crippen LogP contribution is 2.43. The molecule has 0 spiro atoms. The fourth-order valence-electron chi connectivity index (χ4n) is 10.5. The lowest BCUT2D eigenvalue weighted by molar-refractivity contribution is -0.197. The molecule has 398 valence electrons. The molecule has 5 aliphatic rings. The van der Waals surface area contributed by atoms with Crippen molar-refractivity contribution < 1.29 is 62.0 Å². The van der Waals surface area contributed by atoms with Gasteiger partial charge in [0.05, 0.1) is 81.8 Å². The Balaban J connectivity index is 0.921. The summed E-state index contributed by atoms with van der Waals surface area (Å²) in [4.78, 5) is 76.8. The summed E-state index contributed by atoms with van der Waals surface area (Å²) < 4.78 is 41.6. The number of para-hydroxylation sites is 2. The summed E-state index contributed by atoms with van der Waals surface area (Å²) >= 11 is 0. The van der Waals surface area contributed by atoms with Crippen molar-refractivity contribution in [2.75, 3.05) is 106 Å². The van der Waals surface area contributed by atoms with Crippen molar-refractivity contribution >= 4 is 58.0 Å². The molecule has 1 unspecified atom stereocenters. The number of rotatable bonds is 23. The van der Waals surface area contributed by atoms with Crippen molar-refractivity contribution in [3.05, 3.63) is 124 Å². The number of imide groups is 1. The number of nitrogens with one attached hydrogen (secondary N) is 2. The fraction of sp³-hybridized carbons (Fsp3) is 0.386. The van der Waals surface area contributed by atoms with E-state index < -0.39 is 17.8 Å². The van der Waals surface area contributed by atoms with E-state index >= 15 is 0 Å². The van der Waals surface area contributed by atoms with Crippen LogP contribution in [0, 0.1) is 0 Å². The van der Waals surface area contributed by atoms with Crippen LogP contribution in [-0.4, -0.2) is 127 Å². The topological polar surface area (TPSA) is 196 Å². The molecule has 0 bridgehead atoms. The van der Waals surface area contributed by atoms with Gasteiger partial charge >= 0.3 is 5.97 Å². The molecule has 1 fully saturated rings. The maximum atomic E-state index is 14.2. The van der Waals surface area contributed by atoms with Crippen molar-refractivity contribution in [1.29, 1.82) is 0 Å². The van der Waals surface area contributed by atoms with E-state index in [1.807, 2.05) is 76.5 Å². The Morgan fingerprint density at radius 3 is 1.64 bits per heavy atom. The highest BCUT2D eigenvalue weighted by atomic mass is 16.7. The third-order valence-corrected chi connectivity index (χ3v) is 14.2. The zero-order valence-corrected chi connectivity index (χ0v) is 42.9. The summed E-state index contributed by atoms with van der Waals surface area (Å²) in [6.45, 7) is 3.96. The maximum Gasteiger partial charge on any atom is 0.333 e. The number of ether oxygens (including phenoxy) is 7. The van der Waals surface area contributed by atoms with Crippen molar-refractivity contribution in [2.24, 2.45) is 0 Å². The highest BCUT2D eigenvalue weighted by Gasteiger charge is 2.40. The number of anilines is 5. The minimum atomic E-state index is -0.698. The number of carbonyl (C=O) groups is 5. The Bertz CT molecular complexity index is 2830. The quantitative estimate of drug-likeness (QED) is 0.0516. The summed E-state index contributed by atoms with van der Waals surface area (Å²) in [6, 6.07) is 28.9. The SMILES string of the molecule is COCCOCCOCCN(CCCC(=O)ON1C(=O)CCC1=O)c1cc(COc2cc3c(cc2OC)C(=O)N2c4ccccc4CC2CN3)cc(COc2cc3c(cc2OC)C(=O)N2c4ccccc4C[C@H]2CN3)c1. The second-order valence-electron chi connectivity index (χ2n) is 19.1. The van der Waals surface area contributed by atoms with Crippen LogP contribution in [0.4, 0.5) is 28.4 Å². The largest absolute Gasteiger partial charge is 0.493 e. The van der Waals surface area contributed by atoms with Crippen molar-refractivity contribution in [3.8, 4) is 23.0 Å². The number of amides is 4. The number of hydroxylamine groups is 2. The Labute approximate surface area is 440 Å². The molecule has 0 radical (unpaired) electrons. The van der Waals surface area contributed by atoms with Gasteiger partial charge < -0.3 is 63.3 Å². The summed E-state index contributed by atoms with van der Waals surface area (Å²) in [5.74, 6) is -0.388. The first kappa shape index (κ1) is 51.6. The lowest BCUT2D eigenvalue weighted by Gasteiger charge is -2.26. The molecule has 1 saturated heterocycles. The van der Waals surface area contributed by atoms with Crippen molar-refractivity contribution in [3.63, 3.8) is 0 Å². The minimum absolute atomic E-state index is 0.00172. The molecule has 4 amide bonds. The average Bonchev–Trinajstić information content (AvgIpc) is 4.05. The normalized spacial score (nSPS) is 17.1. The van der Waals surface area contributed by atoms with Crippen LogP contribution in [0.2, 0.25) is 0 Å². The monoisotopic (exact) mass is 1040 g/mol. The second-order valence-corrected chi connectivity index (χ2v) is 19.1. The molecule has 5 aromatic rings. The van der Waals surface area contributed by atoms with Gasteiger partial charge in [0.25, 0.3) is 23.6 Å². The maximum absolute atomic E-state index is 14.2. The van der Waals surface area contributed by atoms with Crippen molar-refractivity contribution in [2.45, 2.75) is 63.8 Å². The number of methoxy groups -OCH3 is 3. The van der Waals surface area contributed by atoms with Crippen LogP contribution in [-0.2, 0) is 59.5 Å². The zero-order valence-electron chi connectivity index (χ0n) is 42.9. The summed E-state index contributed by atoms with van der Waals surface area (Å²) in [6.07, 6.45) is 1.72. The van der Waals surface area contributed by atoms with Gasteiger partial charge in [-0.05, 0) is 84.0 Å². The van der Waals surface area contributed by atoms with Crippen LogP contribution in [0.5, 0.6) is 23.0 Å². The summed E-state index contributed by atoms with van der Waals surface area (Å²) in [5, 5.41) is 7.57. The first-order valence-electron chi connectivity index (χ1n) is 25.7. The highest BCUT2D eigenvalue weighted by molar-refractivity contribution is 6.13. The lowest BCUT2D eigenvalue weighted by atomic mass is 10.1. The first-order chi connectivity index (χ1) is 37.1. The van der Waals surface area contributed by atoms with Gasteiger partial charge in [0.1, 0.15) is 13.2 Å². The number of fused-ring (bicyclic) bond motifs is 8. The molecule has 2 N–H and O–H groups in total. The minimum Gasteiger partial charge on any atom is -0.493 e. The molecule has 5 aliphatic heterocycles. The van der Waals surface area contributed by atoms with E-state index in [1.165, 1.54) is 0 Å². The third-order valence-electron chi connectivity index (χ3n) is 14.2. The summed E-state index contributed by atoms with van der Waals surface area (Å²) in [7, 11) is 4.70.